The molecule has 2 aromatic rings. The van der Waals surface area contributed by atoms with Crippen LogP contribution in [0, 0.1) is 23.2 Å². The Bertz CT molecular complexity index is 3180. The van der Waals surface area contributed by atoms with E-state index in [1.807, 2.05) is 11.1 Å². The van der Waals surface area contributed by atoms with Gasteiger partial charge in [-0.15, -0.1) is 0 Å². The van der Waals surface area contributed by atoms with Gasteiger partial charge in [-0.2, -0.15) is 0 Å². The quantitative estimate of drug-likeness (QED) is 0.0318. The third kappa shape index (κ3) is 17.9. The van der Waals surface area contributed by atoms with Gasteiger partial charge >= 0.3 is 6.09 Å². The van der Waals surface area contributed by atoms with Crippen LogP contribution in [0.3, 0.4) is 0 Å². The number of aliphatic hydroxyl groups is 1. The number of nitrogens with one attached hydrogen (secondary N) is 3. The molecule has 0 radical (unpaired) electrons. The largest absolute Gasteiger partial charge is 0.504 e. The number of unbranched alkanes of at least 4 members (excludes halogenated alkanes) is 4. The lowest BCUT2D eigenvalue weighted by Crippen LogP contribution is -2.54. The Balaban J connectivity index is 0.788. The number of rotatable bonds is 33. The maximum atomic E-state index is 14.4. The second-order valence-electron chi connectivity index (χ2n) is 24.9. The number of Topliss-reactive ketones (excluding diaryl/α,β-unsaturated/α-hetero) is 2. The summed E-state index contributed by atoms with van der Waals surface area (Å²) in [4.78, 5) is 140. The Kier molecular flexibility index (Phi) is 24.1. The highest BCUT2D eigenvalue weighted by atomic mass is 16.6. The summed E-state index contributed by atoms with van der Waals surface area (Å²) in [6.45, 7) is 8.24. The van der Waals surface area contributed by atoms with Gasteiger partial charge in [0.15, 0.2) is 35.1 Å². The van der Waals surface area contributed by atoms with Gasteiger partial charge in [-0.25, -0.2) is 9.69 Å². The maximum Gasteiger partial charge on any atom is 0.416 e. The molecule has 4 heterocycles. The first kappa shape index (κ1) is 68.4. The van der Waals surface area contributed by atoms with Crippen molar-refractivity contribution in [2.24, 2.45) is 28.2 Å². The number of aliphatic imine (C=N–C) groups is 1. The van der Waals surface area contributed by atoms with Crippen molar-refractivity contribution in [2.75, 3.05) is 47.1 Å². The predicted octanol–water partition coefficient (Wildman–Crippen LogP) is 6.99. The molecule has 1 saturated carbocycles. The van der Waals surface area contributed by atoms with Crippen LogP contribution in [0.25, 0.3) is 0 Å². The molecule has 0 bridgehead atoms. The van der Waals surface area contributed by atoms with Crippen molar-refractivity contribution in [3.8, 4) is 11.5 Å². The molecule has 1 spiro atoms. The van der Waals surface area contributed by atoms with E-state index in [4.69, 9.17) is 23.7 Å². The Morgan fingerprint density at radius 3 is 2.23 bits per heavy atom. The van der Waals surface area contributed by atoms with E-state index >= 15 is 0 Å². The Hall–Kier alpha value is -8.47. The van der Waals surface area contributed by atoms with Crippen molar-refractivity contribution in [3.05, 3.63) is 101 Å². The Morgan fingerprint density at radius 1 is 0.802 bits per heavy atom. The van der Waals surface area contributed by atoms with Crippen molar-refractivity contribution in [2.45, 2.75) is 167 Å². The molecule has 6 atom stereocenters. The fourth-order valence-electron chi connectivity index (χ4n) is 12.2. The summed E-state index contributed by atoms with van der Waals surface area (Å²) < 4.78 is 28.8. The highest BCUT2D eigenvalue weighted by Gasteiger charge is 2.58. The fraction of sp³-hybridized carbons (Fsp3) is 0.544. The number of amides is 6. The van der Waals surface area contributed by atoms with Gasteiger partial charge < -0.3 is 54.5 Å². The monoisotopic (exact) mass is 1260 g/mol. The zero-order valence-electron chi connectivity index (χ0n) is 53.0. The van der Waals surface area contributed by atoms with Crippen LogP contribution in [-0.4, -0.2) is 162 Å². The van der Waals surface area contributed by atoms with E-state index < -0.39 is 60.6 Å². The van der Waals surface area contributed by atoms with Crippen molar-refractivity contribution in [1.82, 2.24) is 30.7 Å². The summed E-state index contributed by atoms with van der Waals surface area (Å²) in [5.41, 5.74) is 2.21. The fourth-order valence-corrected chi connectivity index (χ4v) is 12.2. The Morgan fingerprint density at radius 2 is 1.53 bits per heavy atom. The zero-order valence-corrected chi connectivity index (χ0v) is 53.0. The molecule has 3 fully saturated rings. The van der Waals surface area contributed by atoms with Gasteiger partial charge in [0, 0.05) is 51.1 Å². The molecular formula is C68H87N7O16. The summed E-state index contributed by atoms with van der Waals surface area (Å²) in [6, 6.07) is 7.48. The van der Waals surface area contributed by atoms with E-state index in [2.05, 4.69) is 27.9 Å². The van der Waals surface area contributed by atoms with E-state index in [-0.39, 0.29) is 102 Å². The molecule has 23 nitrogen and oxygen atoms in total. The lowest BCUT2D eigenvalue weighted by molar-refractivity contribution is -0.132. The summed E-state index contributed by atoms with van der Waals surface area (Å²) in [5, 5.41) is 19.9. The molecule has 490 valence electrons. The average molecular weight is 1260 g/mol. The number of ether oxygens (including phenoxy) is 5. The molecule has 4 aliphatic heterocycles. The average Bonchev–Trinajstić information content (AvgIpc) is 1.58. The normalized spacial score (nSPS) is 20.6. The van der Waals surface area contributed by atoms with E-state index in [9.17, 15) is 53.1 Å². The van der Waals surface area contributed by atoms with Gasteiger partial charge in [-0.3, -0.25) is 48.1 Å². The van der Waals surface area contributed by atoms with Crippen LogP contribution in [0.5, 0.6) is 11.5 Å². The molecule has 2 unspecified atom stereocenters. The van der Waals surface area contributed by atoms with E-state index in [0.717, 1.165) is 37.0 Å². The lowest BCUT2D eigenvalue weighted by atomic mass is 9.96. The summed E-state index contributed by atoms with van der Waals surface area (Å²) in [6.07, 6.45) is 16.3. The standard InChI is InChI=1S/C68H87N7O16/c1-7-44-32-47-37-69-52-35-59(58(88-6)34-51(52)65(84)73(47)39-44)90-29-13-9-12-28-89-31-25-53-49(24-30-87-5)64(83)74-41-68(26-27-68)36-54(74)66(85)75(53)67(86)91-40-46-18-16-45(17-19-46)33-57(79)43(4)71-63(82)62(42(2)3)72-61(81)38-70-60(80)23-20-48(76)14-10-8-11-15-50-55(77)21-22-56(50)78/h16-19,21-22,24-25,30-31,34-35,37,42-44,47,50,54,62,66,85H,7-15,20,23,26-29,32-33,36,38-41H2,1-6H3,(H,70,80)(H,71,82)(H,72,81)/b30-24+,31-25+/t43-,44?,47-,54-,62-,66?/m0/s1. The molecule has 8 rings (SSSR count). The number of methoxy groups -OCH3 is 2. The van der Waals surface area contributed by atoms with Crippen molar-refractivity contribution in [3.63, 3.8) is 0 Å². The number of hydrogen-bond donors (Lipinski definition) is 4. The second kappa shape index (κ2) is 32.0. The number of nitrogens with zero attached hydrogens (tertiary/aromatic N) is 4. The molecule has 6 aliphatic rings. The van der Waals surface area contributed by atoms with Gasteiger partial charge in [0.25, 0.3) is 11.8 Å². The number of benzene rings is 2. The van der Waals surface area contributed by atoms with E-state index in [0.29, 0.717) is 104 Å². The molecule has 23 heteroatoms. The van der Waals surface area contributed by atoms with E-state index in [1.165, 1.54) is 58.0 Å². The van der Waals surface area contributed by atoms with Crippen LogP contribution in [0.15, 0.2) is 89.5 Å². The maximum absolute atomic E-state index is 14.4. The second-order valence-corrected chi connectivity index (χ2v) is 24.9. The number of carbonyl (C=O) groups excluding carboxylic acids is 10. The van der Waals surface area contributed by atoms with Crippen molar-refractivity contribution < 1.29 is 76.7 Å². The topological polar surface area (TPSA) is 295 Å². The number of fused-ring (bicyclic) bond motifs is 3. The molecule has 6 amide bonds. The molecular weight excluding hydrogens is 1170 g/mol. The summed E-state index contributed by atoms with van der Waals surface area (Å²) in [5.74, 6) is -2.61. The minimum absolute atomic E-state index is 0.0142. The minimum Gasteiger partial charge on any atom is -0.504 e. The van der Waals surface area contributed by atoms with Crippen LogP contribution >= 0.6 is 0 Å². The van der Waals surface area contributed by atoms with Crippen molar-refractivity contribution in [1.29, 1.82) is 0 Å². The van der Waals surface area contributed by atoms with Crippen LogP contribution in [-0.2, 0) is 65.6 Å². The van der Waals surface area contributed by atoms with Gasteiger partial charge in [-0.05, 0) is 123 Å². The number of hydrogen-bond acceptors (Lipinski definition) is 17. The highest BCUT2D eigenvalue weighted by molar-refractivity contribution is 6.18. The number of aliphatic hydroxyl groups excluding tert-OH is 1. The third-order valence-electron chi connectivity index (χ3n) is 17.9. The van der Waals surface area contributed by atoms with Crippen LogP contribution in [0.2, 0.25) is 0 Å². The van der Waals surface area contributed by atoms with Gasteiger partial charge in [-0.1, -0.05) is 64.3 Å². The van der Waals surface area contributed by atoms with Crippen LogP contribution < -0.4 is 25.4 Å². The first-order valence-corrected chi connectivity index (χ1v) is 31.8. The minimum atomic E-state index is -1.48. The number of allylic oxidation sites excluding steroid dienone is 3. The first-order valence-electron chi connectivity index (χ1n) is 31.8. The lowest BCUT2D eigenvalue weighted by Gasteiger charge is -2.32. The molecule has 91 heavy (non-hydrogen) atoms. The molecule has 2 saturated heterocycles. The van der Waals surface area contributed by atoms with Gasteiger partial charge in [0.2, 0.25) is 17.7 Å². The smallest absolute Gasteiger partial charge is 0.416 e. The van der Waals surface area contributed by atoms with Gasteiger partial charge in [0.1, 0.15) is 18.4 Å². The van der Waals surface area contributed by atoms with Crippen LogP contribution in [0.4, 0.5) is 10.5 Å². The van der Waals surface area contributed by atoms with E-state index in [1.54, 1.807) is 55.1 Å². The third-order valence-corrected chi connectivity index (χ3v) is 17.9. The van der Waals surface area contributed by atoms with Crippen LogP contribution in [0.1, 0.15) is 145 Å². The highest BCUT2D eigenvalue weighted by Crippen LogP contribution is 2.56. The zero-order chi connectivity index (χ0) is 65.4. The molecule has 4 N–H and O–H groups in total. The predicted molar refractivity (Wildman–Crippen MR) is 334 cm³/mol. The van der Waals surface area contributed by atoms with Crippen molar-refractivity contribution >= 4 is 70.7 Å². The number of carbonyl (C=O) groups is 10. The molecule has 2 aromatic carbocycles. The Labute approximate surface area is 531 Å². The summed E-state index contributed by atoms with van der Waals surface area (Å²) in [7, 11) is 2.97. The molecule has 2 aliphatic carbocycles. The first-order chi connectivity index (χ1) is 43.7. The number of ketones is 4. The SMILES string of the molecule is CCC1C[C@H]2C=Nc3cc(OCCCCCO/C=C/C4=C(/C=C/OC)C(=O)N5CC6(CC6)C[C@H]5C(O)N4C(=O)OCc4ccc(CC(=O)[C@H](C)NC(=O)[C@@H](NC(=O)CNC(=O)CCC(=O)CCCCCC5C(=O)C=CC5=O)C(C)C)cc4)c(OC)cc3C(=O)N2C1. The molecule has 0 aromatic heterocycles. The summed E-state index contributed by atoms with van der Waals surface area (Å²) >= 11 is 0. The van der Waals surface area contributed by atoms with Gasteiger partial charge in [0.05, 0.1) is 93.1 Å².